The van der Waals surface area contributed by atoms with Crippen molar-refractivity contribution in [1.82, 2.24) is 28.7 Å². The summed E-state index contributed by atoms with van der Waals surface area (Å²) < 4.78 is 6.61. The number of aryl methyl sites for hydroxylation is 2. The van der Waals surface area contributed by atoms with Gasteiger partial charge < -0.3 is 13.7 Å². The van der Waals surface area contributed by atoms with E-state index in [9.17, 15) is 0 Å². The van der Waals surface area contributed by atoms with Crippen LogP contribution in [0.15, 0.2) is 18.6 Å². The van der Waals surface area contributed by atoms with Crippen molar-refractivity contribution in [3.63, 3.8) is 0 Å². The van der Waals surface area contributed by atoms with E-state index >= 15 is 0 Å². The molecular weight excluding hydrogens is 384 g/mol. The van der Waals surface area contributed by atoms with Gasteiger partial charge in [-0.15, -0.1) is 0 Å². The molecule has 0 aromatic carbocycles. The fourth-order valence-electron chi connectivity index (χ4n) is 4.68. The van der Waals surface area contributed by atoms with Crippen molar-refractivity contribution in [1.29, 1.82) is 0 Å². The van der Waals surface area contributed by atoms with Crippen LogP contribution in [-0.4, -0.2) is 28.7 Å². The van der Waals surface area contributed by atoms with Crippen molar-refractivity contribution in [2.45, 2.75) is 84.5 Å². The third kappa shape index (κ3) is 4.48. The Balaban J connectivity index is 1.86. The predicted molar refractivity (Wildman–Crippen MR) is 127 cm³/mol. The highest BCUT2D eigenvalue weighted by atomic mass is 15.1. The second kappa shape index (κ2) is 7.64. The predicted octanol–water partition coefficient (Wildman–Crippen LogP) is 4.53. The minimum atomic E-state index is -0.134. The maximum atomic E-state index is 5.10. The molecule has 0 radical (unpaired) electrons. The highest BCUT2D eigenvalue weighted by molar-refractivity contribution is 5.21. The van der Waals surface area contributed by atoms with Gasteiger partial charge in [0.25, 0.3) is 0 Å². The largest absolute Gasteiger partial charge is 0.337 e. The fraction of sp³-hybridized carbons (Fsp3) is 0.640. The van der Waals surface area contributed by atoms with Crippen molar-refractivity contribution in [2.24, 2.45) is 21.1 Å². The second-order valence-electron chi connectivity index (χ2n) is 11.4. The Bertz CT molecular complexity index is 1070. The summed E-state index contributed by atoms with van der Waals surface area (Å²) in [5.41, 5.74) is 3.38. The van der Waals surface area contributed by atoms with E-state index in [2.05, 4.69) is 101 Å². The topological polar surface area (TPSA) is 53.5 Å². The van der Waals surface area contributed by atoms with Gasteiger partial charge in [-0.1, -0.05) is 48.5 Å². The lowest BCUT2D eigenvalue weighted by atomic mass is 9.86. The summed E-state index contributed by atoms with van der Waals surface area (Å²) in [6.07, 6.45) is 7.83. The van der Waals surface area contributed by atoms with Gasteiger partial charge in [-0.2, -0.15) is 0 Å². The van der Waals surface area contributed by atoms with Crippen LogP contribution in [0.3, 0.4) is 0 Å². The first-order valence-corrected chi connectivity index (χ1v) is 11.2. The first-order chi connectivity index (χ1) is 14.1. The molecule has 3 aromatic heterocycles. The molecule has 0 spiro atoms. The highest BCUT2D eigenvalue weighted by Gasteiger charge is 2.32. The second-order valence-corrected chi connectivity index (χ2v) is 11.4. The molecule has 6 heteroatoms. The first kappa shape index (κ1) is 23.3. The molecule has 0 aliphatic carbocycles. The third-order valence-corrected chi connectivity index (χ3v) is 6.43. The maximum Gasteiger partial charge on any atom is 0.114 e. The van der Waals surface area contributed by atoms with Gasteiger partial charge in [0.1, 0.15) is 17.5 Å². The van der Waals surface area contributed by atoms with Gasteiger partial charge in [0.05, 0.1) is 5.69 Å². The standard InChI is InChI=1S/C25H40N6/c1-17-14-27-21(30(17)10)24(5,6)12-18-16-29(9)22(28-18)25(7,8)13-20-26-15-19(31(20)11)23(2,3)4/h14-16H,12-13H2,1-11H3. The van der Waals surface area contributed by atoms with E-state index in [1.54, 1.807) is 0 Å². The number of hydrogen-bond acceptors (Lipinski definition) is 3. The molecule has 0 bridgehead atoms. The summed E-state index contributed by atoms with van der Waals surface area (Å²) >= 11 is 0. The van der Waals surface area contributed by atoms with Gasteiger partial charge in [0.2, 0.25) is 0 Å². The number of imidazole rings is 3. The SMILES string of the molecule is Cc1cnc(C(C)(C)Cc2cn(C)c(C(C)(C)Cc3ncc(C(C)(C)C)n3C)n2)n1C. The van der Waals surface area contributed by atoms with Crippen molar-refractivity contribution < 1.29 is 0 Å². The Morgan fingerprint density at radius 2 is 1.39 bits per heavy atom. The smallest absolute Gasteiger partial charge is 0.114 e. The van der Waals surface area contributed by atoms with E-state index in [1.807, 2.05) is 12.4 Å². The molecule has 0 unspecified atom stereocenters. The molecule has 3 aromatic rings. The minimum Gasteiger partial charge on any atom is -0.337 e. The molecule has 6 nitrogen and oxygen atoms in total. The first-order valence-electron chi connectivity index (χ1n) is 11.2. The summed E-state index contributed by atoms with van der Waals surface area (Å²) in [4.78, 5) is 14.5. The van der Waals surface area contributed by atoms with Crippen LogP contribution >= 0.6 is 0 Å². The molecule has 0 aliphatic rings. The quantitative estimate of drug-likeness (QED) is 0.584. The van der Waals surface area contributed by atoms with Crippen LogP contribution in [-0.2, 0) is 50.2 Å². The average molecular weight is 425 g/mol. The molecule has 0 amide bonds. The van der Waals surface area contributed by atoms with E-state index < -0.39 is 0 Å². The number of rotatable bonds is 6. The zero-order valence-electron chi connectivity index (χ0n) is 21.3. The zero-order chi connectivity index (χ0) is 23.4. The van der Waals surface area contributed by atoms with Gasteiger partial charge in [-0.05, 0) is 6.92 Å². The van der Waals surface area contributed by atoms with Crippen molar-refractivity contribution >= 4 is 0 Å². The molecule has 0 atom stereocenters. The lowest BCUT2D eigenvalue weighted by molar-refractivity contribution is 0.442. The zero-order valence-corrected chi connectivity index (χ0v) is 21.3. The van der Waals surface area contributed by atoms with Crippen LogP contribution in [0.4, 0.5) is 0 Å². The van der Waals surface area contributed by atoms with Gasteiger partial charge >= 0.3 is 0 Å². The van der Waals surface area contributed by atoms with Gasteiger partial charge in [0.15, 0.2) is 0 Å². The monoisotopic (exact) mass is 424 g/mol. The summed E-state index contributed by atoms with van der Waals surface area (Å²) in [6, 6.07) is 0. The van der Waals surface area contributed by atoms with E-state index in [1.165, 1.54) is 11.4 Å². The Morgan fingerprint density at radius 3 is 1.90 bits per heavy atom. The molecule has 170 valence electrons. The molecule has 31 heavy (non-hydrogen) atoms. The maximum absolute atomic E-state index is 5.10. The summed E-state index contributed by atoms with van der Waals surface area (Å²) in [5, 5.41) is 0. The Kier molecular flexibility index (Phi) is 5.74. The Hall–Kier alpha value is -2.37. The molecule has 0 aliphatic heterocycles. The molecule has 3 heterocycles. The van der Waals surface area contributed by atoms with Crippen molar-refractivity contribution in [3.8, 4) is 0 Å². The van der Waals surface area contributed by atoms with Crippen LogP contribution < -0.4 is 0 Å². The fourth-order valence-corrected chi connectivity index (χ4v) is 4.68. The van der Waals surface area contributed by atoms with E-state index in [4.69, 9.17) is 9.97 Å². The van der Waals surface area contributed by atoms with Gasteiger partial charge in [-0.25, -0.2) is 15.0 Å². The van der Waals surface area contributed by atoms with Crippen LogP contribution in [0.1, 0.15) is 83.0 Å². The summed E-state index contributed by atoms with van der Waals surface area (Å²) in [5.74, 6) is 3.29. The summed E-state index contributed by atoms with van der Waals surface area (Å²) in [6.45, 7) is 17.8. The minimum absolute atomic E-state index is 0.0788. The number of hydrogen-bond donors (Lipinski definition) is 0. The lowest BCUT2D eigenvalue weighted by Gasteiger charge is -2.25. The average Bonchev–Trinajstić information content (AvgIpc) is 3.26. The van der Waals surface area contributed by atoms with Crippen LogP contribution in [0.5, 0.6) is 0 Å². The van der Waals surface area contributed by atoms with Gasteiger partial charge in [-0.3, -0.25) is 0 Å². The normalized spacial score (nSPS) is 13.3. The van der Waals surface area contributed by atoms with Crippen LogP contribution in [0.2, 0.25) is 0 Å². The van der Waals surface area contributed by atoms with Gasteiger partial charge in [0, 0.05) is 80.2 Å². The van der Waals surface area contributed by atoms with E-state index in [0.29, 0.717) is 0 Å². The third-order valence-electron chi connectivity index (χ3n) is 6.43. The molecule has 0 saturated heterocycles. The van der Waals surface area contributed by atoms with Crippen LogP contribution in [0, 0.1) is 6.92 Å². The molecule has 0 saturated carbocycles. The summed E-state index contributed by atoms with van der Waals surface area (Å²) in [7, 11) is 6.32. The Morgan fingerprint density at radius 1 is 0.774 bits per heavy atom. The highest BCUT2D eigenvalue weighted by Crippen LogP contribution is 2.31. The van der Waals surface area contributed by atoms with E-state index in [0.717, 1.165) is 36.0 Å². The molecule has 0 fully saturated rings. The van der Waals surface area contributed by atoms with Crippen molar-refractivity contribution in [3.05, 3.63) is 53.1 Å². The van der Waals surface area contributed by atoms with E-state index in [-0.39, 0.29) is 16.2 Å². The molecule has 3 rings (SSSR count). The van der Waals surface area contributed by atoms with Crippen molar-refractivity contribution in [2.75, 3.05) is 0 Å². The molecule has 0 N–H and O–H groups in total. The lowest BCUT2D eigenvalue weighted by Crippen LogP contribution is -2.27. The number of aromatic nitrogens is 6. The Labute approximate surface area is 187 Å². The van der Waals surface area contributed by atoms with Crippen LogP contribution in [0.25, 0.3) is 0 Å². The molecular formula is C25H40N6. The number of nitrogens with zero attached hydrogens (tertiary/aromatic N) is 6.